The summed E-state index contributed by atoms with van der Waals surface area (Å²) < 4.78 is 122. The molecule has 10 aromatic rings. The Kier molecular flexibility index (Phi) is 5.17. The van der Waals surface area contributed by atoms with Crippen LogP contribution in [-0.4, -0.2) is 0 Å². The second kappa shape index (κ2) is 13.4. The molecule has 1 aromatic heterocycles. The highest BCUT2D eigenvalue weighted by molar-refractivity contribution is 6.19. The minimum atomic E-state index is -0.778. The van der Waals surface area contributed by atoms with E-state index in [1.807, 2.05) is 127 Å². The Morgan fingerprint density at radius 3 is 1.83 bits per heavy atom. The third kappa shape index (κ3) is 5.62. The van der Waals surface area contributed by atoms with Crippen molar-refractivity contribution in [2.45, 2.75) is 0 Å². The van der Waals surface area contributed by atoms with Crippen LogP contribution in [0.25, 0.3) is 77.2 Å². The van der Waals surface area contributed by atoms with Gasteiger partial charge in [-0.2, -0.15) is 0 Å². The Hall–Kier alpha value is -7.16. The maximum absolute atomic E-state index is 9.67. The molecule has 0 spiro atoms. The second-order valence-electron chi connectivity index (χ2n) is 12.7. The van der Waals surface area contributed by atoms with Gasteiger partial charge in [-0.3, -0.25) is 0 Å². The van der Waals surface area contributed by atoms with E-state index in [1.165, 1.54) is 0 Å². The van der Waals surface area contributed by atoms with Crippen LogP contribution >= 0.6 is 0 Å². The molecule has 9 aromatic carbocycles. The van der Waals surface area contributed by atoms with Gasteiger partial charge in [-0.05, 0) is 86.7 Å². The second-order valence-corrected chi connectivity index (χ2v) is 12.7. The van der Waals surface area contributed by atoms with E-state index in [2.05, 4.69) is 6.07 Å². The average molecular weight is 703 g/mol. The van der Waals surface area contributed by atoms with E-state index in [0.717, 1.165) is 43.8 Å². The molecule has 0 radical (unpaired) electrons. The quantitative estimate of drug-likeness (QED) is 0.164. The summed E-state index contributed by atoms with van der Waals surface area (Å²) in [6, 6.07) is 33.4. The van der Waals surface area contributed by atoms with Crippen molar-refractivity contribution in [2.24, 2.45) is 0 Å². The summed E-state index contributed by atoms with van der Waals surface area (Å²) in [7, 11) is 0. The highest BCUT2D eigenvalue weighted by Crippen LogP contribution is 2.44. The molecule has 254 valence electrons. The van der Waals surface area contributed by atoms with Crippen LogP contribution < -0.4 is 4.90 Å². The van der Waals surface area contributed by atoms with E-state index >= 15 is 0 Å². The standard InChI is InChI=1S/C52H35NO/c1-3-13-36(14-4-1)37-25-27-38(28-26-37)39-29-32-43(33-30-39)53(49-23-10-9-20-45(49)40-15-5-2-6-16-40)44-19-11-18-42(35-44)46-22-12-24-50-51(46)48-34-31-41-17-7-8-21-47(41)52(48)54-50/h1-35H/i1D,3D,4D,13D,14D,25D,26D,27D,28D,29D,30D,32D,33D. The van der Waals surface area contributed by atoms with Crippen LogP contribution in [0.1, 0.15) is 17.8 Å². The first-order valence-electron chi connectivity index (χ1n) is 23.9. The Balaban J connectivity index is 1.21. The summed E-state index contributed by atoms with van der Waals surface area (Å²) in [5.41, 5.74) is 3.32. The Morgan fingerprint density at radius 2 is 1.04 bits per heavy atom. The molecule has 0 aliphatic heterocycles. The highest BCUT2D eigenvalue weighted by Gasteiger charge is 2.20. The van der Waals surface area contributed by atoms with Crippen LogP contribution in [-0.2, 0) is 0 Å². The normalized spacial score (nSPS) is 14.7. The van der Waals surface area contributed by atoms with Crippen LogP contribution in [0, 0.1) is 0 Å². The van der Waals surface area contributed by atoms with Gasteiger partial charge in [-0.15, -0.1) is 0 Å². The maximum Gasteiger partial charge on any atom is 0.143 e. The number of furan rings is 1. The first kappa shape index (κ1) is 20.8. The molecule has 2 nitrogen and oxygen atoms in total. The summed E-state index contributed by atoms with van der Waals surface area (Å²) in [6.45, 7) is 0. The van der Waals surface area contributed by atoms with E-state index in [9.17, 15) is 5.48 Å². The van der Waals surface area contributed by atoms with Crippen LogP contribution in [0.3, 0.4) is 0 Å². The number of fused-ring (bicyclic) bond motifs is 5. The lowest BCUT2D eigenvalue weighted by Gasteiger charge is -2.28. The van der Waals surface area contributed by atoms with E-state index < -0.39 is 101 Å². The Labute approximate surface area is 333 Å². The van der Waals surface area contributed by atoms with Gasteiger partial charge >= 0.3 is 0 Å². The lowest BCUT2D eigenvalue weighted by molar-refractivity contribution is 0.673. The number of nitrogens with zero attached hydrogens (tertiary/aromatic N) is 1. The lowest BCUT2D eigenvalue weighted by Crippen LogP contribution is -2.11. The van der Waals surface area contributed by atoms with Crippen molar-refractivity contribution < 1.29 is 22.2 Å². The number of hydrogen-bond acceptors (Lipinski definition) is 2. The number of hydrogen-bond donors (Lipinski definition) is 0. The third-order valence-electron chi connectivity index (χ3n) is 9.49. The average Bonchev–Trinajstić information content (AvgIpc) is 3.75. The summed E-state index contributed by atoms with van der Waals surface area (Å²) >= 11 is 0. The van der Waals surface area contributed by atoms with E-state index in [1.54, 1.807) is 4.90 Å². The van der Waals surface area contributed by atoms with Gasteiger partial charge in [0.25, 0.3) is 0 Å². The van der Waals surface area contributed by atoms with Crippen molar-refractivity contribution >= 4 is 49.8 Å². The molecule has 0 amide bonds. The molecule has 0 fully saturated rings. The molecular weight excluding hydrogens is 655 g/mol. The van der Waals surface area contributed by atoms with Crippen molar-refractivity contribution in [1.29, 1.82) is 0 Å². The SMILES string of the molecule is [2H]c1c([2H])c([2H])c(-c2c([2H])c([2H])c(-c3c([2H])c([2H])c(N(c4cccc(-c5cccc6oc7c8ccccc8ccc7c56)c4)c4ccccc4-c4ccccc4)c([2H])c3[2H])c([2H])c2[2H])c([2H])c1[2H]. The highest BCUT2D eigenvalue weighted by atomic mass is 16.3. The Bertz CT molecular complexity index is 3610. The van der Waals surface area contributed by atoms with Crippen molar-refractivity contribution in [3.8, 4) is 44.5 Å². The van der Waals surface area contributed by atoms with Crippen molar-refractivity contribution in [1.82, 2.24) is 0 Å². The fraction of sp³-hybridized carbons (Fsp3) is 0. The van der Waals surface area contributed by atoms with Gasteiger partial charge in [0, 0.05) is 33.1 Å². The molecule has 0 aliphatic rings. The van der Waals surface area contributed by atoms with E-state index in [4.69, 9.17) is 16.8 Å². The Morgan fingerprint density at radius 1 is 0.407 bits per heavy atom. The topological polar surface area (TPSA) is 16.4 Å². The van der Waals surface area contributed by atoms with Gasteiger partial charge in [0.1, 0.15) is 11.2 Å². The van der Waals surface area contributed by atoms with Crippen LogP contribution in [0.5, 0.6) is 0 Å². The van der Waals surface area contributed by atoms with Crippen molar-refractivity contribution in [3.05, 3.63) is 212 Å². The number of benzene rings is 9. The van der Waals surface area contributed by atoms with Crippen molar-refractivity contribution in [3.63, 3.8) is 0 Å². The molecule has 0 aliphatic carbocycles. The van der Waals surface area contributed by atoms with Gasteiger partial charge < -0.3 is 9.32 Å². The molecule has 2 heteroatoms. The summed E-state index contributed by atoms with van der Waals surface area (Å²) in [5.74, 6) is 0. The van der Waals surface area contributed by atoms with Gasteiger partial charge in [-0.1, -0.05) is 170 Å². The first-order chi connectivity index (χ1) is 32.2. The molecule has 0 saturated heterocycles. The number of anilines is 3. The molecular formula is C52H35NO. The summed E-state index contributed by atoms with van der Waals surface area (Å²) in [6.07, 6.45) is 0. The zero-order valence-electron chi connectivity index (χ0n) is 41.6. The first-order valence-corrected chi connectivity index (χ1v) is 17.4. The van der Waals surface area contributed by atoms with Crippen LogP contribution in [0.15, 0.2) is 216 Å². The molecule has 0 N–H and O–H groups in total. The van der Waals surface area contributed by atoms with Crippen molar-refractivity contribution in [2.75, 3.05) is 4.90 Å². The predicted molar refractivity (Wildman–Crippen MR) is 228 cm³/mol. The predicted octanol–water partition coefficient (Wildman–Crippen LogP) is 14.9. The lowest BCUT2D eigenvalue weighted by atomic mass is 9.97. The van der Waals surface area contributed by atoms with E-state index in [0.29, 0.717) is 22.5 Å². The summed E-state index contributed by atoms with van der Waals surface area (Å²) in [4.78, 5) is 1.66. The van der Waals surface area contributed by atoms with Gasteiger partial charge in [-0.25, -0.2) is 0 Å². The zero-order chi connectivity index (χ0) is 47.2. The molecule has 1 heterocycles. The smallest absolute Gasteiger partial charge is 0.143 e. The van der Waals surface area contributed by atoms with Crippen LogP contribution in [0.4, 0.5) is 17.1 Å². The largest absolute Gasteiger partial charge is 0.455 e. The van der Waals surface area contributed by atoms with Gasteiger partial charge in [0.15, 0.2) is 0 Å². The zero-order valence-corrected chi connectivity index (χ0v) is 28.6. The van der Waals surface area contributed by atoms with Gasteiger partial charge in [0.05, 0.1) is 23.5 Å². The maximum atomic E-state index is 9.67. The number of para-hydroxylation sites is 1. The fourth-order valence-corrected chi connectivity index (χ4v) is 7.01. The minimum Gasteiger partial charge on any atom is -0.455 e. The van der Waals surface area contributed by atoms with Crippen LogP contribution in [0.2, 0.25) is 0 Å². The molecule has 10 rings (SSSR count). The van der Waals surface area contributed by atoms with Gasteiger partial charge in [0.2, 0.25) is 0 Å². The monoisotopic (exact) mass is 702 g/mol. The minimum absolute atomic E-state index is 0.149. The fourth-order valence-electron chi connectivity index (χ4n) is 7.01. The molecule has 0 bridgehead atoms. The number of rotatable bonds is 7. The molecule has 0 saturated carbocycles. The molecule has 0 atom stereocenters. The molecule has 54 heavy (non-hydrogen) atoms. The molecule has 0 unspecified atom stereocenters. The summed E-state index contributed by atoms with van der Waals surface area (Å²) in [5, 5.41) is 3.83. The third-order valence-corrected chi connectivity index (χ3v) is 9.49. The van der Waals surface area contributed by atoms with E-state index in [-0.39, 0.29) is 5.69 Å².